The standard InChI is InChI=1S/3CH4.Li.HNO3.3H2O/c;;;;2-1-4-3;;;/h3*1H4;;3H;3*1H2/q;;;+1;;;;/p-1. The third-order valence-corrected chi connectivity index (χ3v) is 0.0304. The second-order valence-electron chi connectivity index (χ2n) is 0.149. The first-order chi connectivity index (χ1) is 1.91. The molecular weight excluding hydrogens is 153 g/mol. The molecule has 0 aromatic rings. The van der Waals surface area contributed by atoms with Gasteiger partial charge in [-0.25, -0.2) is 0 Å². The summed E-state index contributed by atoms with van der Waals surface area (Å²) < 4.78 is 0. The van der Waals surface area contributed by atoms with Crippen LogP contribution in [0.15, 0.2) is 5.34 Å². The van der Waals surface area contributed by atoms with Crippen molar-refractivity contribution in [2.75, 3.05) is 0 Å². The fourth-order valence-electron chi connectivity index (χ4n) is 0. The Morgan fingerprint density at radius 3 is 1.09 bits per heavy atom. The molecule has 0 atom stereocenters. The van der Waals surface area contributed by atoms with Crippen molar-refractivity contribution in [3.63, 3.8) is 0 Å². The molecule has 0 heterocycles. The van der Waals surface area contributed by atoms with E-state index >= 15 is 0 Å². The van der Waals surface area contributed by atoms with Gasteiger partial charge in [-0.15, -0.1) is 4.91 Å². The van der Waals surface area contributed by atoms with Gasteiger partial charge in [-0.2, -0.15) is 0 Å². The molecule has 0 fully saturated rings. The van der Waals surface area contributed by atoms with Crippen LogP contribution in [0.2, 0.25) is 0 Å². The summed E-state index contributed by atoms with van der Waals surface area (Å²) in [6, 6.07) is 0. The minimum absolute atomic E-state index is 0. The van der Waals surface area contributed by atoms with Gasteiger partial charge in [0.1, 0.15) is 5.34 Å². The van der Waals surface area contributed by atoms with Gasteiger partial charge in [0.05, 0.1) is 0 Å². The maximum atomic E-state index is 8.39. The molecule has 0 saturated heterocycles. The van der Waals surface area contributed by atoms with E-state index in [0.717, 1.165) is 0 Å². The molecule has 0 aliphatic carbocycles. The van der Waals surface area contributed by atoms with Crippen LogP contribution in [-0.4, -0.2) is 16.4 Å². The van der Waals surface area contributed by atoms with Crippen LogP contribution in [0.1, 0.15) is 22.3 Å². The summed E-state index contributed by atoms with van der Waals surface area (Å²) in [7, 11) is 0. The Morgan fingerprint density at radius 2 is 1.09 bits per heavy atom. The predicted molar refractivity (Wildman–Crippen MR) is 37.9 cm³/mol. The fraction of sp³-hybridized carbons (Fsp3) is 1.00. The molecule has 8 heteroatoms. The summed E-state index contributed by atoms with van der Waals surface area (Å²) in [5.74, 6) is 0. The Bertz CT molecular complexity index is 31.8. The summed E-state index contributed by atoms with van der Waals surface area (Å²) in [5, 5.41) is 9.75. The van der Waals surface area contributed by atoms with Crippen molar-refractivity contribution in [2.45, 2.75) is 22.3 Å². The monoisotopic (exact) mass is 171 g/mol. The molecule has 0 aromatic heterocycles. The van der Waals surface area contributed by atoms with E-state index in [-0.39, 0.29) is 57.6 Å². The normalized spacial score (nSPS) is 1.91. The van der Waals surface area contributed by atoms with Crippen LogP contribution in [0, 0.1) is 4.91 Å². The maximum Gasteiger partial charge on any atom is 1.00 e. The first kappa shape index (κ1) is 130. The van der Waals surface area contributed by atoms with Gasteiger partial charge in [-0.05, 0) is 0 Å². The van der Waals surface area contributed by atoms with Crippen LogP contribution in [0.4, 0.5) is 0 Å². The molecular formula is C3H18LiNO6. The zero-order chi connectivity index (χ0) is 3.41. The molecule has 0 radical (unpaired) electrons. The molecule has 0 bridgehead atoms. The largest absolute Gasteiger partial charge is 1.00 e. The molecule has 11 heavy (non-hydrogen) atoms. The van der Waals surface area contributed by atoms with E-state index in [4.69, 9.17) is 10.2 Å². The number of rotatable bonds is 1. The molecule has 7 nitrogen and oxygen atoms in total. The van der Waals surface area contributed by atoms with Crippen molar-refractivity contribution in [3.05, 3.63) is 4.91 Å². The van der Waals surface area contributed by atoms with Crippen LogP contribution in [0.25, 0.3) is 0 Å². The summed E-state index contributed by atoms with van der Waals surface area (Å²) >= 11 is 0. The van der Waals surface area contributed by atoms with Gasteiger partial charge in [-0.3, -0.25) is 0 Å². The first-order valence-corrected chi connectivity index (χ1v) is 0.532. The van der Waals surface area contributed by atoms with Crippen molar-refractivity contribution in [1.29, 1.82) is 0 Å². The van der Waals surface area contributed by atoms with Crippen LogP contribution in [-0.2, 0) is 4.99 Å². The van der Waals surface area contributed by atoms with Gasteiger partial charge < -0.3 is 26.7 Å². The number of hydrogen-bond donors (Lipinski definition) is 0. The third-order valence-electron chi connectivity index (χ3n) is 0.0304. The zero-order valence-electron chi connectivity index (χ0n) is 4.17. The summed E-state index contributed by atoms with van der Waals surface area (Å²) in [5.41, 5.74) is 0. The molecule has 0 rings (SSSR count). The Kier molecular flexibility index (Phi) is 2700. The maximum absolute atomic E-state index is 8.39. The minimum Gasteiger partial charge on any atom is -0.635 e. The van der Waals surface area contributed by atoms with Crippen LogP contribution < -0.4 is 24.1 Å². The minimum atomic E-state index is 0. The van der Waals surface area contributed by atoms with E-state index in [1.165, 1.54) is 5.34 Å². The summed E-state index contributed by atoms with van der Waals surface area (Å²) in [4.78, 5) is 10.8. The van der Waals surface area contributed by atoms with Crippen LogP contribution in [0.5, 0.6) is 0 Å². The van der Waals surface area contributed by atoms with E-state index in [9.17, 15) is 0 Å². The van der Waals surface area contributed by atoms with Crippen molar-refractivity contribution < 1.29 is 45.5 Å². The van der Waals surface area contributed by atoms with Crippen molar-refractivity contribution in [2.24, 2.45) is 5.34 Å². The quantitative estimate of drug-likeness (QED) is 0.168. The molecule has 0 saturated carbocycles. The molecule has 0 aromatic carbocycles. The number of hydrogen-bond acceptors (Lipinski definition) is 4. The van der Waals surface area contributed by atoms with Gasteiger partial charge >= 0.3 is 18.9 Å². The van der Waals surface area contributed by atoms with Crippen molar-refractivity contribution in [3.8, 4) is 0 Å². The summed E-state index contributed by atoms with van der Waals surface area (Å²) in [6.07, 6.45) is 0. The molecule has 0 unspecified atom stereocenters. The van der Waals surface area contributed by atoms with Gasteiger partial charge in [0.25, 0.3) is 0 Å². The molecule has 6 N–H and O–H groups in total. The SMILES string of the molecule is C.C.C.O.O.O.O=NO[O-].[Li+]. The third kappa shape index (κ3) is 862. The predicted octanol–water partition coefficient (Wildman–Crippen LogP) is -4.60. The second-order valence-corrected chi connectivity index (χ2v) is 0.149. The van der Waals surface area contributed by atoms with Crippen LogP contribution in [0.3, 0.4) is 0 Å². The van der Waals surface area contributed by atoms with Crippen molar-refractivity contribution in [1.82, 2.24) is 0 Å². The molecule has 72 valence electrons. The van der Waals surface area contributed by atoms with E-state index in [0.29, 0.717) is 0 Å². The van der Waals surface area contributed by atoms with E-state index in [2.05, 4.69) is 4.99 Å². The van der Waals surface area contributed by atoms with Gasteiger partial charge in [0.15, 0.2) is 0 Å². The fourth-order valence-corrected chi connectivity index (χ4v) is 0. The van der Waals surface area contributed by atoms with Crippen LogP contribution >= 0.6 is 0 Å². The van der Waals surface area contributed by atoms with Gasteiger partial charge in [0, 0.05) is 0 Å². The molecule has 0 amide bonds. The van der Waals surface area contributed by atoms with Gasteiger partial charge in [0.2, 0.25) is 0 Å². The zero-order valence-corrected chi connectivity index (χ0v) is 4.17. The Morgan fingerprint density at radius 1 is 1.00 bits per heavy atom. The van der Waals surface area contributed by atoms with E-state index in [1.54, 1.807) is 0 Å². The second kappa shape index (κ2) is 228. The van der Waals surface area contributed by atoms with Crippen molar-refractivity contribution >= 4 is 0 Å². The average Bonchev–Trinajstić information content (AvgIpc) is 1.37. The summed E-state index contributed by atoms with van der Waals surface area (Å²) in [6.45, 7) is 0. The van der Waals surface area contributed by atoms with E-state index in [1.807, 2.05) is 0 Å². The van der Waals surface area contributed by atoms with E-state index < -0.39 is 0 Å². The Hall–Kier alpha value is -0.163. The Balaban J connectivity index is -0.00000000214. The first-order valence-electron chi connectivity index (χ1n) is 0.532. The topological polar surface area (TPSA) is 156 Å². The smallest absolute Gasteiger partial charge is 0.635 e. The molecule has 0 aliphatic heterocycles. The average molecular weight is 171 g/mol. The molecule has 0 spiro atoms. The van der Waals surface area contributed by atoms with Gasteiger partial charge in [-0.1, -0.05) is 22.3 Å². The Labute approximate surface area is 78.7 Å². The molecule has 0 aliphatic rings. The number of nitrogens with zero attached hydrogens (tertiary/aromatic N) is 1.